The van der Waals surface area contributed by atoms with Gasteiger partial charge in [-0.15, -0.1) is 0 Å². The van der Waals surface area contributed by atoms with Gasteiger partial charge in [0.15, 0.2) is 0 Å². The molecule has 0 radical (unpaired) electrons. The largest absolute Gasteiger partial charge is 0.371 e. The van der Waals surface area contributed by atoms with Gasteiger partial charge in [-0.05, 0) is 44.7 Å². The van der Waals surface area contributed by atoms with Gasteiger partial charge in [-0.25, -0.2) is 0 Å². The highest BCUT2D eigenvalue weighted by atomic mass is 16.2. The molecule has 1 aromatic carbocycles. The highest BCUT2D eigenvalue weighted by Crippen LogP contribution is 2.21. The Morgan fingerprint density at radius 1 is 1.24 bits per heavy atom. The molecule has 1 heterocycles. The number of piperidine rings is 1. The molecule has 1 aliphatic rings. The van der Waals surface area contributed by atoms with Crippen LogP contribution in [0.4, 0.5) is 5.69 Å². The minimum absolute atomic E-state index is 0.330. The molecule has 0 N–H and O–H groups in total. The normalized spacial score (nSPS) is 18.6. The molecule has 0 aliphatic carbocycles. The molecule has 0 aromatic heterocycles. The summed E-state index contributed by atoms with van der Waals surface area (Å²) in [5.74, 6) is 0.330. The SMILES string of the molecule is CCC1CCCCN1C(=O)CCN(CC)c1ccccc1. The molecule has 3 heteroatoms. The lowest BCUT2D eigenvalue weighted by Crippen LogP contribution is -2.44. The van der Waals surface area contributed by atoms with Crippen molar-refractivity contribution in [3.8, 4) is 0 Å². The fourth-order valence-electron chi connectivity index (χ4n) is 3.24. The number of rotatable bonds is 6. The Kier molecular flexibility index (Phi) is 6.09. The van der Waals surface area contributed by atoms with Crippen molar-refractivity contribution < 1.29 is 4.79 Å². The Morgan fingerprint density at radius 2 is 2.00 bits per heavy atom. The third kappa shape index (κ3) is 4.23. The summed E-state index contributed by atoms with van der Waals surface area (Å²) in [7, 11) is 0. The molecule has 1 saturated heterocycles. The van der Waals surface area contributed by atoms with Gasteiger partial charge in [-0.3, -0.25) is 4.79 Å². The average molecular weight is 288 g/mol. The summed E-state index contributed by atoms with van der Waals surface area (Å²) < 4.78 is 0. The van der Waals surface area contributed by atoms with Gasteiger partial charge < -0.3 is 9.80 Å². The van der Waals surface area contributed by atoms with Gasteiger partial charge >= 0.3 is 0 Å². The maximum Gasteiger partial charge on any atom is 0.224 e. The van der Waals surface area contributed by atoms with Gasteiger partial charge in [0.05, 0.1) is 0 Å². The molecule has 1 fully saturated rings. The number of amides is 1. The number of carbonyl (C=O) groups excluding carboxylic acids is 1. The lowest BCUT2D eigenvalue weighted by Gasteiger charge is -2.36. The van der Waals surface area contributed by atoms with Crippen LogP contribution in [-0.4, -0.2) is 36.5 Å². The molecular formula is C18H28N2O. The highest BCUT2D eigenvalue weighted by molar-refractivity contribution is 5.77. The molecule has 3 nitrogen and oxygen atoms in total. The number of anilines is 1. The molecule has 0 bridgehead atoms. The van der Waals surface area contributed by atoms with Gasteiger partial charge in [0, 0.05) is 37.8 Å². The van der Waals surface area contributed by atoms with E-state index >= 15 is 0 Å². The van der Waals surface area contributed by atoms with Crippen molar-refractivity contribution in [2.24, 2.45) is 0 Å². The molecule has 116 valence electrons. The van der Waals surface area contributed by atoms with E-state index in [-0.39, 0.29) is 0 Å². The lowest BCUT2D eigenvalue weighted by molar-refractivity contribution is -0.134. The number of hydrogen-bond donors (Lipinski definition) is 0. The second-order valence-electron chi connectivity index (χ2n) is 5.81. The zero-order chi connectivity index (χ0) is 15.1. The zero-order valence-corrected chi connectivity index (χ0v) is 13.4. The van der Waals surface area contributed by atoms with Crippen LogP contribution in [0.2, 0.25) is 0 Å². The van der Waals surface area contributed by atoms with Crippen LogP contribution in [0, 0.1) is 0 Å². The fraction of sp³-hybridized carbons (Fsp3) is 0.611. The first-order chi connectivity index (χ1) is 10.3. The Hall–Kier alpha value is -1.51. The van der Waals surface area contributed by atoms with Gasteiger partial charge in [-0.2, -0.15) is 0 Å². The topological polar surface area (TPSA) is 23.6 Å². The second kappa shape index (κ2) is 8.06. The Balaban J connectivity index is 1.90. The van der Waals surface area contributed by atoms with E-state index in [4.69, 9.17) is 0 Å². The summed E-state index contributed by atoms with van der Waals surface area (Å²) in [6.45, 7) is 7.04. The van der Waals surface area contributed by atoms with E-state index in [1.165, 1.54) is 24.9 Å². The van der Waals surface area contributed by atoms with Crippen LogP contribution in [0.5, 0.6) is 0 Å². The van der Waals surface area contributed by atoms with Crippen molar-refractivity contribution in [2.45, 2.75) is 52.0 Å². The van der Waals surface area contributed by atoms with E-state index in [0.29, 0.717) is 18.4 Å². The van der Waals surface area contributed by atoms with Crippen molar-refractivity contribution in [1.29, 1.82) is 0 Å². The van der Waals surface area contributed by atoms with Crippen LogP contribution in [-0.2, 0) is 4.79 Å². The van der Waals surface area contributed by atoms with Crippen molar-refractivity contribution in [1.82, 2.24) is 4.90 Å². The molecule has 0 spiro atoms. The maximum atomic E-state index is 12.5. The Labute approximate surface area is 128 Å². The molecule has 21 heavy (non-hydrogen) atoms. The van der Waals surface area contributed by atoms with E-state index < -0.39 is 0 Å². The summed E-state index contributed by atoms with van der Waals surface area (Å²) in [4.78, 5) is 16.9. The molecule has 1 atom stereocenters. The number of carbonyl (C=O) groups is 1. The number of likely N-dealkylation sites (tertiary alicyclic amines) is 1. The van der Waals surface area contributed by atoms with E-state index in [1.807, 2.05) is 6.07 Å². The summed E-state index contributed by atoms with van der Waals surface area (Å²) >= 11 is 0. The lowest BCUT2D eigenvalue weighted by atomic mass is 9.99. The van der Waals surface area contributed by atoms with Crippen molar-refractivity contribution in [3.05, 3.63) is 30.3 Å². The quantitative estimate of drug-likeness (QED) is 0.797. The van der Waals surface area contributed by atoms with Gasteiger partial charge in [0.25, 0.3) is 0 Å². The van der Waals surface area contributed by atoms with E-state index in [2.05, 4.69) is 47.9 Å². The van der Waals surface area contributed by atoms with Crippen LogP contribution >= 0.6 is 0 Å². The highest BCUT2D eigenvalue weighted by Gasteiger charge is 2.25. The summed E-state index contributed by atoms with van der Waals surface area (Å²) in [6.07, 6.45) is 5.32. The fourth-order valence-corrected chi connectivity index (χ4v) is 3.24. The molecule has 1 aliphatic heterocycles. The van der Waals surface area contributed by atoms with Crippen LogP contribution in [0.3, 0.4) is 0 Å². The first-order valence-electron chi connectivity index (χ1n) is 8.35. The molecule has 1 aromatic rings. The second-order valence-corrected chi connectivity index (χ2v) is 5.81. The zero-order valence-electron chi connectivity index (χ0n) is 13.4. The predicted octanol–water partition coefficient (Wildman–Crippen LogP) is 3.69. The third-order valence-electron chi connectivity index (χ3n) is 4.52. The minimum Gasteiger partial charge on any atom is -0.371 e. The molecular weight excluding hydrogens is 260 g/mol. The standard InChI is InChI=1S/C18H28N2O/c1-3-16-10-8-9-14-20(16)18(21)13-15-19(4-2)17-11-6-5-7-12-17/h5-7,11-12,16H,3-4,8-10,13-15H2,1-2H3. The summed E-state index contributed by atoms with van der Waals surface area (Å²) in [5.41, 5.74) is 1.21. The molecule has 1 unspecified atom stereocenters. The number of benzene rings is 1. The summed E-state index contributed by atoms with van der Waals surface area (Å²) in [6, 6.07) is 10.8. The van der Waals surface area contributed by atoms with E-state index in [0.717, 1.165) is 26.1 Å². The first-order valence-corrected chi connectivity index (χ1v) is 8.35. The predicted molar refractivity (Wildman–Crippen MR) is 88.6 cm³/mol. The van der Waals surface area contributed by atoms with E-state index in [1.54, 1.807) is 0 Å². The van der Waals surface area contributed by atoms with Crippen molar-refractivity contribution >= 4 is 11.6 Å². The van der Waals surface area contributed by atoms with E-state index in [9.17, 15) is 4.79 Å². The van der Waals surface area contributed by atoms with Crippen LogP contribution in [0.1, 0.15) is 46.0 Å². The monoisotopic (exact) mass is 288 g/mol. The van der Waals surface area contributed by atoms with Crippen molar-refractivity contribution in [2.75, 3.05) is 24.5 Å². The summed E-state index contributed by atoms with van der Waals surface area (Å²) in [5, 5.41) is 0. The minimum atomic E-state index is 0.330. The molecule has 2 rings (SSSR count). The van der Waals surface area contributed by atoms with Gasteiger partial charge in [0.2, 0.25) is 5.91 Å². The number of para-hydroxylation sites is 1. The van der Waals surface area contributed by atoms with Crippen molar-refractivity contribution in [3.63, 3.8) is 0 Å². The first kappa shape index (κ1) is 15.9. The van der Waals surface area contributed by atoms with Crippen LogP contribution in [0.25, 0.3) is 0 Å². The van der Waals surface area contributed by atoms with Gasteiger partial charge in [-0.1, -0.05) is 25.1 Å². The van der Waals surface area contributed by atoms with Gasteiger partial charge in [0.1, 0.15) is 0 Å². The number of hydrogen-bond acceptors (Lipinski definition) is 2. The number of nitrogens with zero attached hydrogens (tertiary/aromatic N) is 2. The average Bonchev–Trinajstić information content (AvgIpc) is 2.56. The maximum absolute atomic E-state index is 12.5. The van der Waals surface area contributed by atoms with Crippen LogP contribution in [0.15, 0.2) is 30.3 Å². The molecule has 1 amide bonds. The third-order valence-corrected chi connectivity index (χ3v) is 4.52. The van der Waals surface area contributed by atoms with Crippen LogP contribution < -0.4 is 4.90 Å². The Morgan fingerprint density at radius 3 is 2.67 bits per heavy atom. The smallest absolute Gasteiger partial charge is 0.224 e. The molecule has 0 saturated carbocycles. The Bertz CT molecular complexity index is 432.